The summed E-state index contributed by atoms with van der Waals surface area (Å²) in [4.78, 5) is 29.5. The van der Waals surface area contributed by atoms with Crippen LogP contribution >= 0.6 is 34.5 Å². The molecule has 2 aromatic carbocycles. The number of rotatable bonds is 8. The Morgan fingerprint density at radius 3 is 2.68 bits per heavy atom. The van der Waals surface area contributed by atoms with E-state index >= 15 is 0 Å². The van der Waals surface area contributed by atoms with Crippen molar-refractivity contribution in [2.45, 2.75) is 26.4 Å². The number of anilines is 1. The van der Waals surface area contributed by atoms with E-state index < -0.39 is 11.9 Å². The molecule has 1 N–H and O–H groups in total. The lowest BCUT2D eigenvalue weighted by Gasteiger charge is -2.27. The van der Waals surface area contributed by atoms with Crippen LogP contribution in [0.25, 0.3) is 17.4 Å². The van der Waals surface area contributed by atoms with Gasteiger partial charge in [-0.3, -0.25) is 9.69 Å². The van der Waals surface area contributed by atoms with Gasteiger partial charge in [0.25, 0.3) is 5.91 Å². The third-order valence-corrected chi connectivity index (χ3v) is 8.45. The highest BCUT2D eigenvalue weighted by atomic mass is 35.5. The Kier molecular flexibility index (Phi) is 8.91. The fourth-order valence-corrected chi connectivity index (χ4v) is 6.21. The zero-order chi connectivity index (χ0) is 28.9. The third kappa shape index (κ3) is 6.55. The molecular weight excluding hydrogens is 581 g/mol. The van der Waals surface area contributed by atoms with Crippen LogP contribution < -0.4 is 5.32 Å². The summed E-state index contributed by atoms with van der Waals surface area (Å²) in [6.07, 6.45) is 2.00. The highest BCUT2D eigenvalue weighted by molar-refractivity contribution is 7.17. The number of thiophene rings is 1. The van der Waals surface area contributed by atoms with E-state index in [1.807, 2.05) is 24.3 Å². The predicted molar refractivity (Wildman–Crippen MR) is 161 cm³/mol. The smallest absolute Gasteiger partial charge is 0.341 e. The van der Waals surface area contributed by atoms with Gasteiger partial charge in [-0.25, -0.2) is 4.79 Å². The Morgan fingerprint density at radius 1 is 1.15 bits per heavy atom. The van der Waals surface area contributed by atoms with Gasteiger partial charge in [-0.1, -0.05) is 53.5 Å². The van der Waals surface area contributed by atoms with Crippen LogP contribution in [0.5, 0.6) is 0 Å². The Hall–Kier alpha value is -3.87. The molecule has 2 aromatic heterocycles. The summed E-state index contributed by atoms with van der Waals surface area (Å²) in [6, 6.07) is 20.6. The summed E-state index contributed by atoms with van der Waals surface area (Å²) >= 11 is 13.5. The molecule has 0 spiro atoms. The average Bonchev–Trinajstić information content (AvgIpc) is 3.58. The van der Waals surface area contributed by atoms with E-state index in [2.05, 4.69) is 22.3 Å². The highest BCUT2D eigenvalue weighted by Gasteiger charge is 2.30. The van der Waals surface area contributed by atoms with Crippen LogP contribution in [0.1, 0.15) is 39.0 Å². The molecule has 7 nitrogen and oxygen atoms in total. The Morgan fingerprint density at radius 2 is 1.95 bits per heavy atom. The van der Waals surface area contributed by atoms with Crippen molar-refractivity contribution < 1.29 is 18.7 Å². The molecule has 0 unspecified atom stereocenters. The second-order valence-electron chi connectivity index (χ2n) is 9.33. The molecule has 0 saturated carbocycles. The van der Waals surface area contributed by atoms with E-state index in [9.17, 15) is 14.9 Å². The van der Waals surface area contributed by atoms with E-state index in [1.165, 1.54) is 23.0 Å². The van der Waals surface area contributed by atoms with Crippen LogP contribution in [-0.4, -0.2) is 29.9 Å². The quantitative estimate of drug-likeness (QED) is 0.126. The molecule has 1 aliphatic heterocycles. The van der Waals surface area contributed by atoms with Crippen molar-refractivity contribution in [1.29, 1.82) is 5.26 Å². The van der Waals surface area contributed by atoms with Crippen LogP contribution in [0, 0.1) is 11.3 Å². The molecule has 4 aromatic rings. The van der Waals surface area contributed by atoms with Gasteiger partial charge in [-0.15, -0.1) is 11.3 Å². The molecule has 0 atom stereocenters. The SMILES string of the molecule is CCOC(=O)c1c(NC(=O)/C(C#N)=C/c2ccc(-c3ccc(Cl)c(Cl)c3)o2)sc2c1CCN(Cc1ccccc1)C2. The van der Waals surface area contributed by atoms with E-state index in [-0.39, 0.29) is 12.2 Å². The lowest BCUT2D eigenvalue weighted by molar-refractivity contribution is -0.112. The van der Waals surface area contributed by atoms with Gasteiger partial charge in [0.1, 0.15) is 28.2 Å². The van der Waals surface area contributed by atoms with Crippen LogP contribution in [0.4, 0.5) is 5.00 Å². The number of benzene rings is 2. The number of amides is 1. The number of fused-ring (bicyclic) bond motifs is 1. The summed E-state index contributed by atoms with van der Waals surface area (Å²) in [5, 5.41) is 13.7. The van der Waals surface area contributed by atoms with Gasteiger partial charge in [0, 0.05) is 36.2 Å². The van der Waals surface area contributed by atoms with Gasteiger partial charge in [0.15, 0.2) is 0 Å². The Labute approximate surface area is 251 Å². The molecular formula is C31H25Cl2N3O4S. The van der Waals surface area contributed by atoms with Crippen LogP contribution in [0.15, 0.2) is 70.7 Å². The number of carbonyl (C=O) groups excluding carboxylic acids is 2. The van der Waals surface area contributed by atoms with Crippen LogP contribution in [0.3, 0.4) is 0 Å². The van der Waals surface area contributed by atoms with Crippen molar-refractivity contribution in [3.8, 4) is 17.4 Å². The van der Waals surface area contributed by atoms with Gasteiger partial charge in [0.05, 0.1) is 22.2 Å². The number of hydrogen-bond donors (Lipinski definition) is 1. The van der Waals surface area contributed by atoms with Crippen molar-refractivity contribution in [2.75, 3.05) is 18.5 Å². The summed E-state index contributed by atoms with van der Waals surface area (Å²) in [7, 11) is 0. The maximum atomic E-state index is 13.2. The fraction of sp³-hybridized carbons (Fsp3) is 0.194. The summed E-state index contributed by atoms with van der Waals surface area (Å²) in [5.41, 5.74) is 2.97. The molecule has 41 heavy (non-hydrogen) atoms. The zero-order valence-corrected chi connectivity index (χ0v) is 24.4. The average molecular weight is 607 g/mol. The number of nitrogens with zero attached hydrogens (tertiary/aromatic N) is 2. The van der Waals surface area contributed by atoms with Crippen LogP contribution in [-0.2, 0) is 29.0 Å². The van der Waals surface area contributed by atoms with Gasteiger partial charge < -0.3 is 14.5 Å². The van der Waals surface area contributed by atoms with Crippen molar-refractivity contribution >= 4 is 57.5 Å². The molecule has 10 heteroatoms. The number of esters is 1. The van der Waals surface area contributed by atoms with Gasteiger partial charge in [-0.05, 0) is 54.8 Å². The second kappa shape index (κ2) is 12.8. The normalized spacial score (nSPS) is 13.4. The second-order valence-corrected chi connectivity index (χ2v) is 11.2. The molecule has 0 bridgehead atoms. The third-order valence-electron chi connectivity index (χ3n) is 6.57. The van der Waals surface area contributed by atoms with E-state index in [1.54, 1.807) is 37.3 Å². The molecule has 0 aliphatic carbocycles. The molecule has 3 heterocycles. The minimum absolute atomic E-state index is 0.174. The minimum atomic E-state index is -0.648. The van der Waals surface area contributed by atoms with Gasteiger partial charge >= 0.3 is 5.97 Å². The summed E-state index contributed by atoms with van der Waals surface area (Å²) in [5.74, 6) is -0.324. The number of halogens is 2. The number of nitrogens with one attached hydrogen (secondary N) is 1. The number of carbonyl (C=O) groups is 2. The first-order valence-electron chi connectivity index (χ1n) is 12.9. The maximum absolute atomic E-state index is 13.2. The molecule has 0 saturated heterocycles. The molecule has 5 rings (SSSR count). The van der Waals surface area contributed by atoms with E-state index in [4.69, 9.17) is 32.4 Å². The Bertz CT molecular complexity index is 1670. The number of hydrogen-bond acceptors (Lipinski definition) is 7. The van der Waals surface area contributed by atoms with Crippen LogP contribution in [0.2, 0.25) is 10.0 Å². The zero-order valence-electron chi connectivity index (χ0n) is 22.1. The molecule has 1 aliphatic rings. The maximum Gasteiger partial charge on any atom is 0.341 e. The number of ether oxygens (including phenoxy) is 1. The minimum Gasteiger partial charge on any atom is -0.462 e. The summed E-state index contributed by atoms with van der Waals surface area (Å²) < 4.78 is 11.2. The molecule has 1 amide bonds. The van der Waals surface area contributed by atoms with Crippen molar-refractivity contribution in [3.63, 3.8) is 0 Å². The lowest BCUT2D eigenvalue weighted by atomic mass is 10.0. The predicted octanol–water partition coefficient (Wildman–Crippen LogP) is 7.60. The monoisotopic (exact) mass is 605 g/mol. The van der Waals surface area contributed by atoms with Gasteiger partial charge in [0.2, 0.25) is 0 Å². The van der Waals surface area contributed by atoms with Crippen molar-refractivity contribution in [2.24, 2.45) is 0 Å². The summed E-state index contributed by atoms with van der Waals surface area (Å²) in [6.45, 7) is 4.13. The van der Waals surface area contributed by atoms with Gasteiger partial charge in [-0.2, -0.15) is 5.26 Å². The first kappa shape index (κ1) is 28.7. The van der Waals surface area contributed by atoms with E-state index in [0.29, 0.717) is 50.7 Å². The lowest BCUT2D eigenvalue weighted by Crippen LogP contribution is -2.29. The number of nitriles is 1. The first-order valence-corrected chi connectivity index (χ1v) is 14.5. The Balaban J connectivity index is 1.37. The van der Waals surface area contributed by atoms with E-state index in [0.717, 1.165) is 23.5 Å². The largest absolute Gasteiger partial charge is 0.462 e. The van der Waals surface area contributed by atoms with Crippen molar-refractivity contribution in [3.05, 3.63) is 104 Å². The topological polar surface area (TPSA) is 95.6 Å². The highest BCUT2D eigenvalue weighted by Crippen LogP contribution is 2.38. The standard InChI is InChI=1S/C31H25Cl2N3O4S/c1-2-39-31(38)28-23-12-13-36(17-19-6-4-3-5-7-19)18-27(23)41-30(28)35-29(37)21(16-34)14-22-9-11-26(40-22)20-8-10-24(32)25(33)15-20/h3-11,14-15H,2,12-13,17-18H2,1H3,(H,35,37)/b21-14+. The number of furan rings is 1. The molecule has 0 radical (unpaired) electrons. The van der Waals surface area contributed by atoms with Crippen molar-refractivity contribution in [1.82, 2.24) is 4.90 Å². The molecule has 0 fully saturated rings. The first-order chi connectivity index (χ1) is 19.9. The molecule has 208 valence electrons. The fourth-order valence-electron chi connectivity index (χ4n) is 4.64.